The second kappa shape index (κ2) is 9.35. The Balaban J connectivity index is 1.75. The second-order valence-corrected chi connectivity index (χ2v) is 7.23. The third kappa shape index (κ3) is 5.55. The first-order chi connectivity index (χ1) is 11.1. The minimum absolute atomic E-state index is 0.000208. The van der Waals surface area contributed by atoms with Gasteiger partial charge in [0.1, 0.15) is 0 Å². The number of hydrogen-bond acceptors (Lipinski definition) is 5. The lowest BCUT2D eigenvalue weighted by molar-refractivity contribution is -0.127. The smallest absolute Gasteiger partial charge is 0.223 e. The first-order valence-corrected chi connectivity index (χ1v) is 9.60. The van der Waals surface area contributed by atoms with E-state index in [1.54, 1.807) is 11.3 Å². The molecule has 1 aromatic rings. The minimum atomic E-state index is -0.0403. The summed E-state index contributed by atoms with van der Waals surface area (Å²) in [5.74, 6) is 0.0969. The molecule has 3 N–H and O–H groups in total. The molecule has 1 amide bonds. The first kappa shape index (κ1) is 18.4. The maximum Gasteiger partial charge on any atom is 0.223 e. The minimum Gasteiger partial charge on any atom is -0.377 e. The fourth-order valence-electron chi connectivity index (χ4n) is 2.97. The Morgan fingerprint density at radius 1 is 1.43 bits per heavy atom. The lowest BCUT2D eigenvalue weighted by Crippen LogP contribution is -2.46. The molecule has 2 rings (SSSR count). The van der Waals surface area contributed by atoms with E-state index in [0.29, 0.717) is 13.0 Å². The molecule has 1 fully saturated rings. The molecule has 0 aliphatic heterocycles. The van der Waals surface area contributed by atoms with Gasteiger partial charge in [0.25, 0.3) is 0 Å². The van der Waals surface area contributed by atoms with Crippen molar-refractivity contribution in [2.45, 2.75) is 71.1 Å². The molecule has 0 saturated heterocycles. The molecule has 6 heteroatoms. The second-order valence-electron chi connectivity index (χ2n) is 6.28. The standard InChI is InChI=1S/C17H29N3O2S/c1-3-5-16-20-13(11-23-16)10-19-17(21)12-6-7-15(14(18)9-12)22-8-4-2/h11-12,14-15H,3-10,18H2,1-2H3,(H,19,21)/t12-,14+,15+/m0/s1. The fraction of sp³-hybridized carbons (Fsp3) is 0.765. The number of rotatable bonds is 8. The Hall–Kier alpha value is -0.980. The van der Waals surface area contributed by atoms with Crippen molar-refractivity contribution >= 4 is 17.2 Å². The summed E-state index contributed by atoms with van der Waals surface area (Å²) in [4.78, 5) is 16.9. The van der Waals surface area contributed by atoms with Crippen LogP contribution in [0, 0.1) is 5.92 Å². The highest BCUT2D eigenvalue weighted by Gasteiger charge is 2.32. The van der Waals surface area contributed by atoms with E-state index >= 15 is 0 Å². The summed E-state index contributed by atoms with van der Waals surface area (Å²) in [6.45, 7) is 5.50. The number of nitrogens with zero attached hydrogens (tertiary/aromatic N) is 1. The van der Waals surface area contributed by atoms with E-state index < -0.39 is 0 Å². The highest BCUT2D eigenvalue weighted by molar-refractivity contribution is 7.09. The molecule has 3 atom stereocenters. The Morgan fingerprint density at radius 3 is 2.96 bits per heavy atom. The Kier molecular flexibility index (Phi) is 7.46. The van der Waals surface area contributed by atoms with Crippen molar-refractivity contribution in [1.29, 1.82) is 0 Å². The van der Waals surface area contributed by atoms with Crippen molar-refractivity contribution in [3.8, 4) is 0 Å². The van der Waals surface area contributed by atoms with Crippen molar-refractivity contribution in [2.24, 2.45) is 11.7 Å². The average Bonchev–Trinajstić information content (AvgIpc) is 2.99. The molecule has 1 heterocycles. The predicted molar refractivity (Wildman–Crippen MR) is 93.3 cm³/mol. The van der Waals surface area contributed by atoms with Crippen LogP contribution in [0.15, 0.2) is 5.38 Å². The van der Waals surface area contributed by atoms with Crippen LogP contribution in [0.3, 0.4) is 0 Å². The number of carbonyl (C=O) groups excluding carboxylic acids is 1. The molecule has 130 valence electrons. The molecule has 0 radical (unpaired) electrons. The van der Waals surface area contributed by atoms with Crippen LogP contribution < -0.4 is 11.1 Å². The summed E-state index contributed by atoms with van der Waals surface area (Å²) < 4.78 is 5.76. The molecular formula is C17H29N3O2S. The molecule has 5 nitrogen and oxygen atoms in total. The Bertz CT molecular complexity index is 492. The molecule has 1 aliphatic rings. The average molecular weight is 340 g/mol. The number of aromatic nitrogens is 1. The third-order valence-corrected chi connectivity index (χ3v) is 5.21. The van der Waals surface area contributed by atoms with Gasteiger partial charge in [-0.25, -0.2) is 4.98 Å². The number of hydrogen-bond donors (Lipinski definition) is 2. The molecule has 23 heavy (non-hydrogen) atoms. The summed E-state index contributed by atoms with van der Waals surface area (Å²) in [6, 6.07) is -0.0403. The van der Waals surface area contributed by atoms with Crippen molar-refractivity contribution < 1.29 is 9.53 Å². The van der Waals surface area contributed by atoms with E-state index in [1.165, 1.54) is 0 Å². The van der Waals surface area contributed by atoms with Crippen LogP contribution in [0.4, 0.5) is 0 Å². The number of amides is 1. The molecular weight excluding hydrogens is 310 g/mol. The van der Waals surface area contributed by atoms with Gasteiger partial charge in [-0.1, -0.05) is 13.8 Å². The topological polar surface area (TPSA) is 77.2 Å². The molecule has 0 spiro atoms. The Labute approximate surface area is 143 Å². The molecule has 1 aromatic heterocycles. The molecule has 1 aliphatic carbocycles. The zero-order valence-corrected chi connectivity index (χ0v) is 15.0. The van der Waals surface area contributed by atoms with E-state index in [-0.39, 0.29) is 24.0 Å². The van der Waals surface area contributed by atoms with Crippen LogP contribution in [0.1, 0.15) is 56.7 Å². The number of nitrogens with one attached hydrogen (secondary N) is 1. The highest BCUT2D eigenvalue weighted by atomic mass is 32.1. The van der Waals surface area contributed by atoms with Gasteiger partial charge in [-0.15, -0.1) is 11.3 Å². The first-order valence-electron chi connectivity index (χ1n) is 8.72. The van der Waals surface area contributed by atoms with Gasteiger partial charge in [-0.05, 0) is 38.5 Å². The molecule has 0 aromatic carbocycles. The van der Waals surface area contributed by atoms with Gasteiger partial charge in [0.05, 0.1) is 23.4 Å². The van der Waals surface area contributed by atoms with Crippen LogP contribution in [0.2, 0.25) is 0 Å². The van der Waals surface area contributed by atoms with Crippen LogP contribution in [-0.2, 0) is 22.5 Å². The van der Waals surface area contributed by atoms with Crippen molar-refractivity contribution in [3.63, 3.8) is 0 Å². The van der Waals surface area contributed by atoms with Crippen molar-refractivity contribution in [2.75, 3.05) is 6.61 Å². The summed E-state index contributed by atoms with van der Waals surface area (Å²) in [6.07, 6.45) is 5.64. The lowest BCUT2D eigenvalue weighted by Gasteiger charge is -2.33. The van der Waals surface area contributed by atoms with Gasteiger partial charge >= 0.3 is 0 Å². The summed E-state index contributed by atoms with van der Waals surface area (Å²) in [5.41, 5.74) is 7.13. The van der Waals surface area contributed by atoms with Gasteiger partial charge in [-0.2, -0.15) is 0 Å². The van der Waals surface area contributed by atoms with Crippen molar-refractivity contribution in [1.82, 2.24) is 10.3 Å². The maximum absolute atomic E-state index is 12.3. The maximum atomic E-state index is 12.3. The lowest BCUT2D eigenvalue weighted by atomic mass is 9.83. The Morgan fingerprint density at radius 2 is 2.26 bits per heavy atom. The van der Waals surface area contributed by atoms with Crippen LogP contribution in [0.5, 0.6) is 0 Å². The van der Waals surface area contributed by atoms with E-state index in [1.807, 2.05) is 5.38 Å². The SMILES string of the molecule is CCCO[C@@H]1CC[C@H](C(=O)NCc2csc(CCC)n2)C[C@H]1N. The van der Waals surface area contributed by atoms with Gasteiger partial charge in [0, 0.05) is 23.9 Å². The van der Waals surface area contributed by atoms with E-state index in [0.717, 1.165) is 49.4 Å². The van der Waals surface area contributed by atoms with Gasteiger partial charge < -0.3 is 15.8 Å². The van der Waals surface area contributed by atoms with Gasteiger partial charge in [0.2, 0.25) is 5.91 Å². The zero-order valence-electron chi connectivity index (χ0n) is 14.2. The number of carbonyl (C=O) groups is 1. The molecule has 0 bridgehead atoms. The van der Waals surface area contributed by atoms with Crippen LogP contribution in [0.25, 0.3) is 0 Å². The zero-order chi connectivity index (χ0) is 16.7. The molecule has 1 saturated carbocycles. The predicted octanol–water partition coefficient (Wildman–Crippen LogP) is 2.63. The third-order valence-electron chi connectivity index (χ3n) is 4.25. The van der Waals surface area contributed by atoms with E-state index in [4.69, 9.17) is 10.5 Å². The summed E-state index contributed by atoms with van der Waals surface area (Å²) >= 11 is 1.67. The number of aryl methyl sites for hydroxylation is 1. The highest BCUT2D eigenvalue weighted by Crippen LogP contribution is 2.26. The monoisotopic (exact) mass is 339 g/mol. The summed E-state index contributed by atoms with van der Waals surface area (Å²) in [5, 5.41) is 6.19. The molecule has 0 unspecified atom stereocenters. The summed E-state index contributed by atoms with van der Waals surface area (Å²) in [7, 11) is 0. The van der Waals surface area contributed by atoms with Crippen molar-refractivity contribution in [3.05, 3.63) is 16.1 Å². The van der Waals surface area contributed by atoms with Gasteiger partial charge in [-0.3, -0.25) is 4.79 Å². The van der Waals surface area contributed by atoms with Crippen LogP contribution >= 0.6 is 11.3 Å². The van der Waals surface area contributed by atoms with Crippen LogP contribution in [-0.4, -0.2) is 29.6 Å². The normalized spacial score (nSPS) is 24.6. The van der Waals surface area contributed by atoms with E-state index in [2.05, 4.69) is 24.1 Å². The van der Waals surface area contributed by atoms with Gasteiger partial charge in [0.15, 0.2) is 0 Å². The number of ether oxygens (including phenoxy) is 1. The quantitative estimate of drug-likeness (QED) is 0.763. The van der Waals surface area contributed by atoms with E-state index in [9.17, 15) is 4.79 Å². The fourth-order valence-corrected chi connectivity index (χ4v) is 3.87. The largest absolute Gasteiger partial charge is 0.377 e. The number of nitrogens with two attached hydrogens (primary N) is 1. The number of thiazole rings is 1.